The Morgan fingerprint density at radius 2 is 1.63 bits per heavy atom. The Morgan fingerprint density at radius 3 is 2.16 bits per heavy atom. The van der Waals surface area contributed by atoms with Gasteiger partial charge >= 0.3 is 24.3 Å². The molecule has 2 N–H and O–H groups in total. The number of carboxylic acid groups (broad SMARTS) is 2. The normalized spacial score (nSPS) is 15.9. The average Bonchev–Trinajstić information content (AvgIpc) is 2.82. The number of carboxylic acids is 2. The number of pyridine rings is 1. The lowest BCUT2D eigenvalue weighted by atomic mass is 10.0. The minimum atomic E-state index is -5.08. The number of carbonyl (C=O) groups excluding carboxylic acids is 1. The zero-order valence-corrected chi connectivity index (χ0v) is 20.7. The lowest BCUT2D eigenvalue weighted by Gasteiger charge is -2.31. The van der Waals surface area contributed by atoms with Crippen molar-refractivity contribution in [2.75, 3.05) is 26.7 Å². The molecule has 14 heteroatoms. The molecular weight excluding hydrogens is 524 g/mol. The lowest BCUT2D eigenvalue weighted by Crippen LogP contribution is -2.37. The maximum Gasteiger partial charge on any atom is 0.490 e. The minimum absolute atomic E-state index is 0.222. The summed E-state index contributed by atoms with van der Waals surface area (Å²) in [6, 6.07) is 8.22. The molecule has 1 fully saturated rings. The third kappa shape index (κ3) is 11.8. The summed E-state index contributed by atoms with van der Waals surface area (Å²) in [5.74, 6) is -4.53. The number of aliphatic carboxylic acids is 2. The van der Waals surface area contributed by atoms with Crippen molar-refractivity contribution in [2.24, 2.45) is 5.92 Å². The standard InChI is InChI=1S/C20H27N3O.2C2HF3O2/c1-16-5-4-11-23(14-16)12-9-20(24)22(2)15-18-7-3-6-17-13-21-10-8-19(17)18;2*3-2(4,5)1(6)7/h3,6-8,10,13,16H,4-5,9,11-12,14-15H2,1-2H3;2*(H,6,7). The first-order valence-electron chi connectivity index (χ1n) is 11.4. The molecule has 1 atom stereocenters. The molecule has 1 aromatic carbocycles. The highest BCUT2D eigenvalue weighted by Gasteiger charge is 2.38. The molecule has 0 saturated carbocycles. The van der Waals surface area contributed by atoms with Gasteiger partial charge in [0.15, 0.2) is 0 Å². The number of aromatic nitrogens is 1. The van der Waals surface area contributed by atoms with Crippen LogP contribution in [0.3, 0.4) is 0 Å². The van der Waals surface area contributed by atoms with Gasteiger partial charge in [-0.25, -0.2) is 9.59 Å². The van der Waals surface area contributed by atoms with Crippen LogP contribution in [0.5, 0.6) is 0 Å². The van der Waals surface area contributed by atoms with E-state index in [0.29, 0.717) is 13.0 Å². The topological polar surface area (TPSA) is 111 Å². The molecule has 0 aliphatic carbocycles. The van der Waals surface area contributed by atoms with Crippen LogP contribution in [0.4, 0.5) is 26.3 Å². The first-order valence-corrected chi connectivity index (χ1v) is 11.4. The number of alkyl halides is 6. The Bertz CT molecular complexity index is 1050. The van der Waals surface area contributed by atoms with E-state index in [9.17, 15) is 31.1 Å². The summed E-state index contributed by atoms with van der Waals surface area (Å²) in [5, 5.41) is 16.6. The van der Waals surface area contributed by atoms with Gasteiger partial charge in [0.2, 0.25) is 5.91 Å². The van der Waals surface area contributed by atoms with Crippen molar-refractivity contribution in [1.29, 1.82) is 0 Å². The number of amides is 1. The SMILES string of the molecule is CC1CCCN(CCC(=O)N(C)Cc2cccc3cnccc23)C1.O=C(O)C(F)(F)F.O=C(O)C(F)(F)F. The van der Waals surface area contributed by atoms with Crippen molar-refractivity contribution in [3.63, 3.8) is 0 Å². The molecule has 0 radical (unpaired) electrons. The first kappa shape index (κ1) is 32.6. The molecule has 3 rings (SSSR count). The van der Waals surface area contributed by atoms with Gasteiger partial charge in [0, 0.05) is 50.9 Å². The number of hydrogen-bond acceptors (Lipinski definition) is 5. The highest BCUT2D eigenvalue weighted by Crippen LogP contribution is 2.20. The van der Waals surface area contributed by atoms with Crippen molar-refractivity contribution in [1.82, 2.24) is 14.8 Å². The molecule has 1 aliphatic rings. The van der Waals surface area contributed by atoms with Crippen LogP contribution in [-0.2, 0) is 20.9 Å². The van der Waals surface area contributed by atoms with Gasteiger partial charge in [-0.3, -0.25) is 9.78 Å². The molecule has 2 heterocycles. The molecular formula is C24H29F6N3O5. The van der Waals surface area contributed by atoms with Gasteiger partial charge in [-0.05, 0) is 42.3 Å². The van der Waals surface area contributed by atoms with Crippen LogP contribution < -0.4 is 0 Å². The highest BCUT2D eigenvalue weighted by molar-refractivity contribution is 5.85. The predicted molar refractivity (Wildman–Crippen MR) is 125 cm³/mol. The van der Waals surface area contributed by atoms with Gasteiger partial charge in [-0.2, -0.15) is 26.3 Å². The van der Waals surface area contributed by atoms with Crippen LogP contribution in [0.25, 0.3) is 10.8 Å². The Hall–Kier alpha value is -3.42. The molecule has 1 aromatic heterocycles. The summed E-state index contributed by atoms with van der Waals surface area (Å²) in [4.78, 5) is 38.7. The molecule has 1 amide bonds. The van der Waals surface area contributed by atoms with Gasteiger partial charge in [-0.1, -0.05) is 25.1 Å². The molecule has 1 saturated heterocycles. The number of likely N-dealkylation sites (tertiary alicyclic amines) is 1. The Morgan fingerprint density at radius 1 is 1.05 bits per heavy atom. The number of benzene rings is 1. The summed E-state index contributed by atoms with van der Waals surface area (Å²) < 4.78 is 63.5. The van der Waals surface area contributed by atoms with E-state index < -0.39 is 24.3 Å². The number of piperidine rings is 1. The van der Waals surface area contributed by atoms with E-state index in [4.69, 9.17) is 19.8 Å². The number of carbonyl (C=O) groups is 3. The maximum atomic E-state index is 12.5. The summed E-state index contributed by atoms with van der Waals surface area (Å²) in [6.45, 7) is 6.10. The van der Waals surface area contributed by atoms with E-state index >= 15 is 0 Å². The van der Waals surface area contributed by atoms with Gasteiger partial charge in [0.1, 0.15) is 0 Å². The van der Waals surface area contributed by atoms with Crippen LogP contribution in [0.15, 0.2) is 36.7 Å². The van der Waals surface area contributed by atoms with Gasteiger partial charge in [0.25, 0.3) is 0 Å². The fraction of sp³-hybridized carbons (Fsp3) is 0.500. The minimum Gasteiger partial charge on any atom is -0.475 e. The van der Waals surface area contributed by atoms with E-state index in [2.05, 4.69) is 28.9 Å². The zero-order valence-electron chi connectivity index (χ0n) is 20.7. The van der Waals surface area contributed by atoms with Gasteiger partial charge < -0.3 is 20.0 Å². The zero-order chi connectivity index (χ0) is 29.1. The van der Waals surface area contributed by atoms with Crippen molar-refractivity contribution >= 4 is 28.6 Å². The van der Waals surface area contributed by atoms with Crippen molar-refractivity contribution in [3.05, 3.63) is 42.2 Å². The quantitative estimate of drug-likeness (QED) is 0.522. The van der Waals surface area contributed by atoms with E-state index in [1.165, 1.54) is 23.8 Å². The Kier molecular flexibility index (Phi) is 12.4. The Balaban J connectivity index is 0.000000426. The summed E-state index contributed by atoms with van der Waals surface area (Å²) in [7, 11) is 1.90. The van der Waals surface area contributed by atoms with Crippen molar-refractivity contribution in [3.8, 4) is 0 Å². The third-order valence-corrected chi connectivity index (χ3v) is 5.47. The number of rotatable bonds is 5. The number of halogens is 6. The molecule has 2 aromatic rings. The maximum absolute atomic E-state index is 12.5. The summed E-state index contributed by atoms with van der Waals surface area (Å²) >= 11 is 0. The first-order chi connectivity index (χ1) is 17.5. The second-order valence-corrected chi connectivity index (χ2v) is 8.67. The van der Waals surface area contributed by atoms with E-state index in [0.717, 1.165) is 30.9 Å². The summed E-state index contributed by atoms with van der Waals surface area (Å²) in [6.07, 6.45) is -3.30. The van der Waals surface area contributed by atoms with Gasteiger partial charge in [-0.15, -0.1) is 0 Å². The summed E-state index contributed by atoms with van der Waals surface area (Å²) in [5.41, 5.74) is 1.18. The number of nitrogens with zero attached hydrogens (tertiary/aromatic N) is 3. The second kappa shape index (κ2) is 14.5. The van der Waals surface area contributed by atoms with E-state index in [-0.39, 0.29) is 5.91 Å². The molecule has 0 bridgehead atoms. The largest absolute Gasteiger partial charge is 0.490 e. The van der Waals surface area contributed by atoms with E-state index in [1.54, 1.807) is 0 Å². The number of fused-ring (bicyclic) bond motifs is 1. The Labute approximate surface area is 214 Å². The van der Waals surface area contributed by atoms with Crippen LogP contribution in [-0.4, -0.2) is 81.9 Å². The molecule has 38 heavy (non-hydrogen) atoms. The smallest absolute Gasteiger partial charge is 0.475 e. The monoisotopic (exact) mass is 553 g/mol. The highest BCUT2D eigenvalue weighted by atomic mass is 19.4. The van der Waals surface area contributed by atoms with Crippen LogP contribution in [0, 0.1) is 5.92 Å². The average molecular weight is 554 g/mol. The molecule has 0 spiro atoms. The lowest BCUT2D eigenvalue weighted by molar-refractivity contribution is -0.193. The van der Waals surface area contributed by atoms with Crippen LogP contribution >= 0.6 is 0 Å². The predicted octanol–water partition coefficient (Wildman–Crippen LogP) is 4.58. The van der Waals surface area contributed by atoms with Crippen LogP contribution in [0.1, 0.15) is 31.7 Å². The fourth-order valence-electron chi connectivity index (χ4n) is 3.61. The van der Waals surface area contributed by atoms with E-state index in [1.807, 2.05) is 36.5 Å². The molecule has 212 valence electrons. The van der Waals surface area contributed by atoms with Crippen molar-refractivity contribution < 1.29 is 50.9 Å². The van der Waals surface area contributed by atoms with Crippen LogP contribution in [0.2, 0.25) is 0 Å². The third-order valence-electron chi connectivity index (χ3n) is 5.47. The van der Waals surface area contributed by atoms with Crippen molar-refractivity contribution in [2.45, 2.75) is 45.1 Å². The van der Waals surface area contributed by atoms with Gasteiger partial charge in [0.05, 0.1) is 0 Å². The number of hydrogen-bond donors (Lipinski definition) is 2. The fourth-order valence-corrected chi connectivity index (χ4v) is 3.61. The molecule has 1 unspecified atom stereocenters. The second-order valence-electron chi connectivity index (χ2n) is 8.67. The molecule has 8 nitrogen and oxygen atoms in total. The molecule has 1 aliphatic heterocycles.